The van der Waals surface area contributed by atoms with Crippen molar-refractivity contribution in [3.63, 3.8) is 0 Å². The second-order valence-corrected chi connectivity index (χ2v) is 5.46. The molecule has 1 unspecified atom stereocenters. The van der Waals surface area contributed by atoms with E-state index in [4.69, 9.17) is 4.74 Å². The van der Waals surface area contributed by atoms with E-state index in [1.807, 2.05) is 0 Å². The van der Waals surface area contributed by atoms with Gasteiger partial charge in [-0.2, -0.15) is 0 Å². The highest BCUT2D eigenvalue weighted by molar-refractivity contribution is 9.09. The Labute approximate surface area is 96.7 Å². The van der Waals surface area contributed by atoms with Crippen LogP contribution in [0.25, 0.3) is 0 Å². The van der Waals surface area contributed by atoms with Gasteiger partial charge in [-0.05, 0) is 25.2 Å². The van der Waals surface area contributed by atoms with Crippen molar-refractivity contribution in [1.29, 1.82) is 0 Å². The van der Waals surface area contributed by atoms with Crippen LogP contribution >= 0.6 is 15.9 Å². The van der Waals surface area contributed by atoms with E-state index in [0.717, 1.165) is 24.5 Å². The van der Waals surface area contributed by atoms with E-state index in [-0.39, 0.29) is 0 Å². The van der Waals surface area contributed by atoms with Crippen LogP contribution in [0.1, 0.15) is 46.0 Å². The van der Waals surface area contributed by atoms with Crippen molar-refractivity contribution in [2.45, 2.75) is 46.0 Å². The number of alkyl halides is 1. The summed E-state index contributed by atoms with van der Waals surface area (Å²) in [5.41, 5.74) is 0.492. The summed E-state index contributed by atoms with van der Waals surface area (Å²) in [5, 5.41) is 1.11. The Balaban J connectivity index is 2.08. The maximum absolute atomic E-state index is 5.82. The third-order valence-electron chi connectivity index (χ3n) is 3.29. The SMILES string of the molecule is CCCC(C)COCC1(CBr)CCC1. The molecule has 0 saturated heterocycles. The fourth-order valence-electron chi connectivity index (χ4n) is 2.05. The largest absolute Gasteiger partial charge is 0.381 e. The molecule has 0 aromatic rings. The van der Waals surface area contributed by atoms with Crippen LogP contribution in [-0.4, -0.2) is 18.5 Å². The van der Waals surface area contributed by atoms with Crippen LogP contribution < -0.4 is 0 Å². The summed E-state index contributed by atoms with van der Waals surface area (Å²) in [6.45, 7) is 6.43. The molecule has 1 nitrogen and oxygen atoms in total. The van der Waals surface area contributed by atoms with Crippen molar-refractivity contribution in [3.8, 4) is 0 Å². The molecule has 84 valence electrons. The number of hydrogen-bond acceptors (Lipinski definition) is 1. The van der Waals surface area contributed by atoms with Crippen LogP contribution in [0, 0.1) is 11.3 Å². The van der Waals surface area contributed by atoms with Crippen molar-refractivity contribution in [2.75, 3.05) is 18.5 Å². The molecule has 0 aromatic carbocycles. The normalized spacial score (nSPS) is 21.6. The van der Waals surface area contributed by atoms with Crippen LogP contribution in [-0.2, 0) is 4.74 Å². The topological polar surface area (TPSA) is 9.23 Å². The minimum absolute atomic E-state index is 0.492. The van der Waals surface area contributed by atoms with Crippen molar-refractivity contribution >= 4 is 15.9 Å². The van der Waals surface area contributed by atoms with E-state index < -0.39 is 0 Å². The maximum atomic E-state index is 5.82. The monoisotopic (exact) mass is 262 g/mol. The summed E-state index contributed by atoms with van der Waals surface area (Å²) in [6, 6.07) is 0. The molecule has 0 bridgehead atoms. The number of ether oxygens (including phenoxy) is 1. The molecule has 1 aliphatic carbocycles. The lowest BCUT2D eigenvalue weighted by Crippen LogP contribution is -2.36. The van der Waals surface area contributed by atoms with Gasteiger partial charge < -0.3 is 4.74 Å². The molecule has 0 spiro atoms. The summed E-state index contributed by atoms with van der Waals surface area (Å²) in [6.07, 6.45) is 6.65. The summed E-state index contributed by atoms with van der Waals surface area (Å²) >= 11 is 3.60. The van der Waals surface area contributed by atoms with Gasteiger partial charge in [-0.15, -0.1) is 0 Å². The van der Waals surface area contributed by atoms with Crippen LogP contribution in [0.5, 0.6) is 0 Å². The number of rotatable bonds is 7. The Morgan fingerprint density at radius 2 is 2.14 bits per heavy atom. The zero-order valence-corrected chi connectivity index (χ0v) is 11.1. The standard InChI is InChI=1S/C12H23BrO/c1-3-5-11(2)8-14-10-12(9-13)6-4-7-12/h11H,3-10H2,1-2H3. The van der Waals surface area contributed by atoms with Crippen LogP contribution in [0.3, 0.4) is 0 Å². The molecular weight excluding hydrogens is 240 g/mol. The van der Waals surface area contributed by atoms with Gasteiger partial charge in [0.15, 0.2) is 0 Å². The Kier molecular flexibility index (Phi) is 5.47. The Bertz CT molecular complexity index is 149. The highest BCUT2D eigenvalue weighted by Crippen LogP contribution is 2.42. The van der Waals surface area contributed by atoms with Crippen LogP contribution in [0.15, 0.2) is 0 Å². The molecule has 0 N–H and O–H groups in total. The summed E-state index contributed by atoms with van der Waals surface area (Å²) in [7, 11) is 0. The van der Waals surface area contributed by atoms with E-state index in [1.54, 1.807) is 0 Å². The molecule has 0 radical (unpaired) electrons. The zero-order chi connectivity index (χ0) is 10.4. The second-order valence-electron chi connectivity index (χ2n) is 4.90. The minimum atomic E-state index is 0.492. The van der Waals surface area contributed by atoms with Crippen molar-refractivity contribution < 1.29 is 4.74 Å². The zero-order valence-electron chi connectivity index (χ0n) is 9.52. The van der Waals surface area contributed by atoms with E-state index in [1.165, 1.54) is 32.1 Å². The van der Waals surface area contributed by atoms with Crippen molar-refractivity contribution in [1.82, 2.24) is 0 Å². The summed E-state index contributed by atoms with van der Waals surface area (Å²) in [5.74, 6) is 0.729. The van der Waals surface area contributed by atoms with Gasteiger partial charge in [-0.3, -0.25) is 0 Å². The molecule has 14 heavy (non-hydrogen) atoms. The third kappa shape index (κ3) is 3.54. The molecule has 0 amide bonds. The molecule has 1 aliphatic rings. The lowest BCUT2D eigenvalue weighted by Gasteiger charge is -2.40. The predicted octanol–water partition coefficient (Wildman–Crippen LogP) is 4.00. The fourth-order valence-corrected chi connectivity index (χ4v) is 2.77. The van der Waals surface area contributed by atoms with E-state index in [0.29, 0.717) is 5.41 Å². The first-order valence-corrected chi connectivity index (χ1v) is 6.98. The van der Waals surface area contributed by atoms with Gasteiger partial charge in [-0.1, -0.05) is 42.6 Å². The van der Waals surface area contributed by atoms with Gasteiger partial charge in [0.05, 0.1) is 6.61 Å². The van der Waals surface area contributed by atoms with Gasteiger partial charge in [0.2, 0.25) is 0 Å². The van der Waals surface area contributed by atoms with E-state index >= 15 is 0 Å². The quantitative estimate of drug-likeness (QED) is 0.631. The molecule has 1 saturated carbocycles. The average molecular weight is 263 g/mol. The fraction of sp³-hybridized carbons (Fsp3) is 1.00. The first-order valence-electron chi connectivity index (χ1n) is 5.86. The molecular formula is C12H23BrO. The number of hydrogen-bond donors (Lipinski definition) is 0. The molecule has 0 heterocycles. The highest BCUT2D eigenvalue weighted by Gasteiger charge is 2.36. The molecule has 1 atom stereocenters. The Morgan fingerprint density at radius 3 is 2.57 bits per heavy atom. The van der Waals surface area contributed by atoms with Gasteiger partial charge in [-0.25, -0.2) is 0 Å². The Morgan fingerprint density at radius 1 is 1.43 bits per heavy atom. The van der Waals surface area contributed by atoms with Gasteiger partial charge >= 0.3 is 0 Å². The summed E-state index contributed by atoms with van der Waals surface area (Å²) in [4.78, 5) is 0. The summed E-state index contributed by atoms with van der Waals surface area (Å²) < 4.78 is 5.82. The van der Waals surface area contributed by atoms with Crippen molar-refractivity contribution in [3.05, 3.63) is 0 Å². The molecule has 2 heteroatoms. The predicted molar refractivity (Wildman–Crippen MR) is 65.0 cm³/mol. The highest BCUT2D eigenvalue weighted by atomic mass is 79.9. The minimum Gasteiger partial charge on any atom is -0.381 e. The third-order valence-corrected chi connectivity index (χ3v) is 4.48. The molecule has 0 aliphatic heterocycles. The number of halogens is 1. The first kappa shape index (κ1) is 12.5. The van der Waals surface area contributed by atoms with Crippen molar-refractivity contribution in [2.24, 2.45) is 11.3 Å². The molecule has 1 fully saturated rings. The van der Waals surface area contributed by atoms with Gasteiger partial charge in [0, 0.05) is 17.4 Å². The second kappa shape index (κ2) is 6.12. The maximum Gasteiger partial charge on any atom is 0.0530 e. The van der Waals surface area contributed by atoms with Gasteiger partial charge in [0.1, 0.15) is 0 Å². The first-order chi connectivity index (χ1) is 6.72. The van der Waals surface area contributed by atoms with Crippen LogP contribution in [0.4, 0.5) is 0 Å². The Hall–Kier alpha value is 0.440. The van der Waals surface area contributed by atoms with Gasteiger partial charge in [0.25, 0.3) is 0 Å². The van der Waals surface area contributed by atoms with Crippen LogP contribution in [0.2, 0.25) is 0 Å². The van der Waals surface area contributed by atoms with E-state index in [2.05, 4.69) is 29.8 Å². The molecule has 0 aromatic heterocycles. The van der Waals surface area contributed by atoms with E-state index in [9.17, 15) is 0 Å². The lowest BCUT2D eigenvalue weighted by molar-refractivity contribution is -0.00210. The molecule has 1 rings (SSSR count). The average Bonchev–Trinajstić information content (AvgIpc) is 2.10. The lowest BCUT2D eigenvalue weighted by atomic mass is 9.71. The smallest absolute Gasteiger partial charge is 0.0530 e.